The molecule has 5 heteroatoms. The first-order valence-electron chi connectivity index (χ1n) is 3.67. The third-order valence-corrected chi connectivity index (χ3v) is 1.92. The second kappa shape index (κ2) is 4.74. The molecule has 0 bridgehead atoms. The smallest absolute Gasteiger partial charge is 0.210 e. The number of rotatable bonds is 2. The highest BCUT2D eigenvalue weighted by Crippen LogP contribution is 2.10. The van der Waals surface area contributed by atoms with Crippen LogP contribution in [0.3, 0.4) is 0 Å². The van der Waals surface area contributed by atoms with E-state index >= 15 is 0 Å². The number of aliphatic imine (C=N–C) groups is 1. The predicted octanol–water partition coefficient (Wildman–Crippen LogP) is 0.999. The van der Waals surface area contributed by atoms with E-state index < -0.39 is 0 Å². The number of guanidine groups is 1. The molecule has 0 spiro atoms. The Balaban J connectivity index is 2.54. The van der Waals surface area contributed by atoms with Crippen LogP contribution in [0, 0.1) is 0 Å². The Morgan fingerprint density at radius 1 is 1.75 bits per heavy atom. The summed E-state index contributed by atoms with van der Waals surface area (Å²) in [5.74, 6) is 5.83. The summed E-state index contributed by atoms with van der Waals surface area (Å²) in [5, 5.41) is 7.01. The van der Waals surface area contributed by atoms with E-state index in [0.717, 1.165) is 5.69 Å². The number of nitrogens with zero attached hydrogens (tertiary/aromatic N) is 1. The predicted molar refractivity (Wildman–Crippen MR) is 53.2 cm³/mol. The molecule has 1 rings (SSSR count). The lowest BCUT2D eigenvalue weighted by Crippen LogP contribution is -2.36. The van der Waals surface area contributed by atoms with Crippen molar-refractivity contribution in [3.8, 4) is 0 Å². The first-order chi connectivity index (χ1) is 5.86. The van der Waals surface area contributed by atoms with Gasteiger partial charge >= 0.3 is 0 Å². The van der Waals surface area contributed by atoms with E-state index in [4.69, 9.17) is 5.84 Å². The SMILES string of the molecule is CCN=C(NN)Nc1ccsc1. The third-order valence-electron chi connectivity index (χ3n) is 1.24. The normalized spacial score (nSPS) is 11.3. The molecule has 0 aromatic carbocycles. The van der Waals surface area contributed by atoms with E-state index in [0.29, 0.717) is 12.5 Å². The molecule has 4 nitrogen and oxygen atoms in total. The highest BCUT2D eigenvalue weighted by atomic mass is 32.1. The molecule has 0 aliphatic carbocycles. The molecule has 66 valence electrons. The number of thiophene rings is 1. The molecule has 0 saturated heterocycles. The highest BCUT2D eigenvalue weighted by molar-refractivity contribution is 7.08. The molecule has 0 fully saturated rings. The van der Waals surface area contributed by atoms with Crippen molar-refractivity contribution in [2.24, 2.45) is 10.8 Å². The number of nitrogens with two attached hydrogens (primary N) is 1. The van der Waals surface area contributed by atoms with Gasteiger partial charge in [-0.05, 0) is 18.4 Å². The van der Waals surface area contributed by atoms with Gasteiger partial charge in [-0.2, -0.15) is 11.3 Å². The molecule has 0 aliphatic rings. The van der Waals surface area contributed by atoms with Gasteiger partial charge in [0.15, 0.2) is 0 Å². The first kappa shape index (κ1) is 9.02. The molecule has 0 atom stereocenters. The van der Waals surface area contributed by atoms with Gasteiger partial charge < -0.3 is 5.32 Å². The van der Waals surface area contributed by atoms with Crippen molar-refractivity contribution in [2.75, 3.05) is 11.9 Å². The van der Waals surface area contributed by atoms with Crippen molar-refractivity contribution in [2.45, 2.75) is 6.92 Å². The lowest BCUT2D eigenvalue weighted by atomic mass is 10.5. The fourth-order valence-corrected chi connectivity index (χ4v) is 1.34. The van der Waals surface area contributed by atoms with Crippen molar-refractivity contribution in [1.82, 2.24) is 5.43 Å². The number of anilines is 1. The van der Waals surface area contributed by atoms with Crippen molar-refractivity contribution in [1.29, 1.82) is 0 Å². The average Bonchev–Trinajstić information content (AvgIpc) is 2.56. The second-order valence-corrected chi connectivity index (χ2v) is 2.88. The Bertz CT molecular complexity index is 242. The van der Waals surface area contributed by atoms with Crippen molar-refractivity contribution in [3.63, 3.8) is 0 Å². The maximum absolute atomic E-state index is 5.24. The van der Waals surface area contributed by atoms with Gasteiger partial charge in [0.05, 0.1) is 5.69 Å². The molecule has 4 N–H and O–H groups in total. The minimum Gasteiger partial charge on any atom is -0.325 e. The van der Waals surface area contributed by atoms with E-state index in [2.05, 4.69) is 15.7 Å². The van der Waals surface area contributed by atoms with Gasteiger partial charge in [0.2, 0.25) is 5.96 Å². The first-order valence-corrected chi connectivity index (χ1v) is 4.61. The van der Waals surface area contributed by atoms with Gasteiger partial charge in [-0.15, -0.1) is 0 Å². The van der Waals surface area contributed by atoms with E-state index in [1.54, 1.807) is 11.3 Å². The Kier molecular flexibility index (Phi) is 3.56. The largest absolute Gasteiger partial charge is 0.325 e. The van der Waals surface area contributed by atoms with Crippen LogP contribution in [0.5, 0.6) is 0 Å². The highest BCUT2D eigenvalue weighted by Gasteiger charge is 1.95. The van der Waals surface area contributed by atoms with Crippen LogP contribution in [0.15, 0.2) is 21.8 Å². The molecule has 0 aliphatic heterocycles. The summed E-state index contributed by atoms with van der Waals surface area (Å²) in [6, 6.07) is 1.97. The molecule has 1 aromatic heterocycles. The molecular weight excluding hydrogens is 172 g/mol. The summed E-state index contributed by atoms with van der Waals surface area (Å²) >= 11 is 1.62. The van der Waals surface area contributed by atoms with Crippen LogP contribution in [0.2, 0.25) is 0 Å². The summed E-state index contributed by atoms with van der Waals surface area (Å²) < 4.78 is 0. The summed E-state index contributed by atoms with van der Waals surface area (Å²) in [7, 11) is 0. The number of hydrogen-bond donors (Lipinski definition) is 3. The number of hydrogen-bond acceptors (Lipinski definition) is 3. The molecule has 1 heterocycles. The molecular formula is C7H12N4S. The quantitative estimate of drug-likeness (QED) is 0.278. The Labute approximate surface area is 75.5 Å². The van der Waals surface area contributed by atoms with Crippen LogP contribution in [0.4, 0.5) is 5.69 Å². The number of hydrazine groups is 1. The lowest BCUT2D eigenvalue weighted by Gasteiger charge is -2.05. The van der Waals surface area contributed by atoms with Gasteiger partial charge in [0.1, 0.15) is 0 Å². The van der Waals surface area contributed by atoms with Gasteiger partial charge in [-0.1, -0.05) is 0 Å². The van der Waals surface area contributed by atoms with Crippen LogP contribution < -0.4 is 16.6 Å². The molecule has 0 unspecified atom stereocenters. The molecule has 12 heavy (non-hydrogen) atoms. The maximum Gasteiger partial charge on any atom is 0.210 e. The van der Waals surface area contributed by atoms with Crippen molar-refractivity contribution in [3.05, 3.63) is 16.8 Å². The number of nitrogens with one attached hydrogen (secondary N) is 2. The van der Waals surface area contributed by atoms with Gasteiger partial charge in [0, 0.05) is 11.9 Å². The maximum atomic E-state index is 5.24. The van der Waals surface area contributed by atoms with Crippen LogP contribution in [-0.4, -0.2) is 12.5 Å². The molecule has 0 radical (unpaired) electrons. The lowest BCUT2D eigenvalue weighted by molar-refractivity contribution is 0.986. The van der Waals surface area contributed by atoms with E-state index in [1.807, 2.05) is 23.8 Å². The zero-order valence-corrected chi connectivity index (χ0v) is 7.69. The van der Waals surface area contributed by atoms with Crippen molar-refractivity contribution < 1.29 is 0 Å². The molecule has 0 saturated carbocycles. The fourth-order valence-electron chi connectivity index (χ4n) is 0.752. The topological polar surface area (TPSA) is 62.4 Å². The van der Waals surface area contributed by atoms with Crippen LogP contribution in [-0.2, 0) is 0 Å². The summed E-state index contributed by atoms with van der Waals surface area (Å²) in [6.07, 6.45) is 0. The summed E-state index contributed by atoms with van der Waals surface area (Å²) in [4.78, 5) is 4.09. The van der Waals surface area contributed by atoms with E-state index in [-0.39, 0.29) is 0 Å². The molecule has 1 aromatic rings. The summed E-state index contributed by atoms with van der Waals surface area (Å²) in [6.45, 7) is 2.66. The summed E-state index contributed by atoms with van der Waals surface area (Å²) in [5.41, 5.74) is 3.49. The monoisotopic (exact) mass is 184 g/mol. The molecule has 0 amide bonds. The van der Waals surface area contributed by atoms with E-state index in [1.165, 1.54) is 0 Å². The van der Waals surface area contributed by atoms with Gasteiger partial charge in [0.25, 0.3) is 0 Å². The van der Waals surface area contributed by atoms with Gasteiger partial charge in [-0.25, -0.2) is 5.84 Å². The van der Waals surface area contributed by atoms with E-state index in [9.17, 15) is 0 Å². The minimum atomic E-state index is 0.593. The Hall–Kier alpha value is -1.07. The third kappa shape index (κ3) is 2.52. The van der Waals surface area contributed by atoms with Crippen LogP contribution >= 0.6 is 11.3 Å². The Morgan fingerprint density at radius 2 is 2.58 bits per heavy atom. The van der Waals surface area contributed by atoms with Gasteiger partial charge in [-0.3, -0.25) is 10.4 Å². The van der Waals surface area contributed by atoms with Crippen LogP contribution in [0.1, 0.15) is 6.92 Å². The fraction of sp³-hybridized carbons (Fsp3) is 0.286. The minimum absolute atomic E-state index is 0.593. The standard InChI is InChI=1S/C7H12N4S/c1-2-9-7(11-8)10-6-3-4-12-5-6/h3-5H,2,8H2,1H3,(H2,9,10,11). The Morgan fingerprint density at radius 3 is 3.08 bits per heavy atom. The zero-order valence-electron chi connectivity index (χ0n) is 6.87. The zero-order chi connectivity index (χ0) is 8.81. The van der Waals surface area contributed by atoms with Crippen molar-refractivity contribution >= 4 is 23.0 Å². The van der Waals surface area contributed by atoms with Crippen LogP contribution in [0.25, 0.3) is 0 Å². The average molecular weight is 184 g/mol. The second-order valence-electron chi connectivity index (χ2n) is 2.10.